The van der Waals surface area contributed by atoms with E-state index in [0.29, 0.717) is 26.1 Å². The molecule has 4 N–H and O–H groups in total. The summed E-state index contributed by atoms with van der Waals surface area (Å²) in [7, 11) is -3.22. The Kier molecular flexibility index (Phi) is 8.35. The van der Waals surface area contributed by atoms with Crippen molar-refractivity contribution in [3.8, 4) is 0 Å². The molecule has 0 spiro atoms. The summed E-state index contributed by atoms with van der Waals surface area (Å²) in [5.74, 6) is -1.42. The lowest BCUT2D eigenvalue weighted by Crippen LogP contribution is -2.42. The maximum Gasteiger partial charge on any atom is 0.303 e. The maximum atomic E-state index is 11.5. The Morgan fingerprint density at radius 2 is 2.00 bits per heavy atom. The van der Waals surface area contributed by atoms with Gasteiger partial charge in [0.15, 0.2) is 0 Å². The summed E-state index contributed by atoms with van der Waals surface area (Å²) in [4.78, 5) is 21.8. The predicted octanol–water partition coefficient (Wildman–Crippen LogP) is -1.03. The highest BCUT2D eigenvalue weighted by atomic mass is 32.2. The van der Waals surface area contributed by atoms with Crippen LogP contribution in [0.15, 0.2) is 0 Å². The van der Waals surface area contributed by atoms with Crippen LogP contribution < -0.4 is 11.1 Å². The van der Waals surface area contributed by atoms with Gasteiger partial charge in [-0.05, 0) is 12.8 Å². The van der Waals surface area contributed by atoms with Gasteiger partial charge < -0.3 is 16.2 Å². The van der Waals surface area contributed by atoms with Crippen molar-refractivity contribution in [2.45, 2.75) is 32.2 Å². The maximum absolute atomic E-state index is 11.5. The minimum absolute atomic E-state index is 0.0750. The van der Waals surface area contributed by atoms with Crippen LogP contribution in [0.4, 0.5) is 0 Å². The van der Waals surface area contributed by atoms with Gasteiger partial charge in [-0.2, -0.15) is 0 Å². The molecule has 0 saturated carbocycles. The first-order valence-electron chi connectivity index (χ1n) is 6.38. The van der Waals surface area contributed by atoms with Crippen LogP contribution in [0.3, 0.4) is 0 Å². The van der Waals surface area contributed by atoms with Crippen LogP contribution in [0.5, 0.6) is 0 Å². The SMILES string of the molecule is CCN(CCCNC(=O)C(N)CCC(=O)O)S(C)(=O)=O. The van der Waals surface area contributed by atoms with Crippen LogP contribution in [-0.4, -0.2) is 61.6 Å². The van der Waals surface area contributed by atoms with Crippen molar-refractivity contribution in [1.29, 1.82) is 0 Å². The Balaban J connectivity index is 3.94. The molecular weight excluding hydrogens is 286 g/mol. The smallest absolute Gasteiger partial charge is 0.303 e. The second-order valence-corrected chi connectivity index (χ2v) is 6.42. The van der Waals surface area contributed by atoms with E-state index < -0.39 is 27.9 Å². The van der Waals surface area contributed by atoms with Crippen LogP contribution in [0.1, 0.15) is 26.2 Å². The lowest BCUT2D eigenvalue weighted by atomic mass is 10.1. The van der Waals surface area contributed by atoms with Crippen LogP contribution in [0.2, 0.25) is 0 Å². The molecule has 0 saturated heterocycles. The fourth-order valence-corrected chi connectivity index (χ4v) is 2.50. The zero-order valence-corrected chi connectivity index (χ0v) is 12.6. The van der Waals surface area contributed by atoms with Crippen LogP contribution in [0.25, 0.3) is 0 Å². The third-order valence-corrected chi connectivity index (χ3v) is 4.09. The molecule has 0 rings (SSSR count). The molecule has 0 aliphatic carbocycles. The molecule has 1 amide bonds. The number of aliphatic carboxylic acids is 1. The number of carbonyl (C=O) groups excluding carboxylic acids is 1. The van der Waals surface area contributed by atoms with E-state index in [-0.39, 0.29) is 12.8 Å². The van der Waals surface area contributed by atoms with E-state index in [4.69, 9.17) is 10.8 Å². The second kappa shape index (κ2) is 8.88. The normalized spacial score (nSPS) is 13.2. The third kappa shape index (κ3) is 8.08. The quantitative estimate of drug-likeness (QED) is 0.442. The molecule has 0 aliphatic rings. The van der Waals surface area contributed by atoms with E-state index in [1.165, 1.54) is 4.31 Å². The van der Waals surface area contributed by atoms with Crippen molar-refractivity contribution in [1.82, 2.24) is 9.62 Å². The van der Waals surface area contributed by atoms with Crippen molar-refractivity contribution in [2.75, 3.05) is 25.9 Å². The molecule has 20 heavy (non-hydrogen) atoms. The summed E-state index contributed by atoms with van der Waals surface area (Å²) in [6.45, 7) is 2.73. The van der Waals surface area contributed by atoms with E-state index in [1.807, 2.05) is 0 Å². The Labute approximate surface area is 119 Å². The van der Waals surface area contributed by atoms with Crippen molar-refractivity contribution >= 4 is 21.9 Å². The first-order valence-corrected chi connectivity index (χ1v) is 8.23. The monoisotopic (exact) mass is 309 g/mol. The average molecular weight is 309 g/mol. The van der Waals surface area contributed by atoms with Gasteiger partial charge in [0.2, 0.25) is 15.9 Å². The van der Waals surface area contributed by atoms with Crippen LogP contribution in [0, 0.1) is 0 Å². The van der Waals surface area contributed by atoms with Crippen LogP contribution >= 0.6 is 0 Å². The molecule has 8 nitrogen and oxygen atoms in total. The summed E-state index contributed by atoms with van der Waals surface area (Å²) < 4.78 is 23.9. The zero-order valence-electron chi connectivity index (χ0n) is 11.8. The lowest BCUT2D eigenvalue weighted by Gasteiger charge is -2.18. The Morgan fingerprint density at radius 3 is 2.45 bits per heavy atom. The largest absolute Gasteiger partial charge is 0.481 e. The first kappa shape index (κ1) is 18.8. The minimum Gasteiger partial charge on any atom is -0.481 e. The number of amides is 1. The molecule has 0 aromatic carbocycles. The summed E-state index contributed by atoms with van der Waals surface area (Å²) in [6, 6.07) is -0.858. The fraction of sp³-hybridized carbons (Fsp3) is 0.818. The number of hydrogen-bond acceptors (Lipinski definition) is 5. The highest BCUT2D eigenvalue weighted by molar-refractivity contribution is 7.88. The van der Waals surface area contributed by atoms with Gasteiger partial charge in [0.25, 0.3) is 0 Å². The number of nitrogens with one attached hydrogen (secondary N) is 1. The molecule has 0 aromatic rings. The van der Waals surface area contributed by atoms with E-state index in [2.05, 4.69) is 5.32 Å². The standard InChI is InChI=1S/C11H23N3O5S/c1-3-14(20(2,18)19)8-4-7-13-11(17)9(12)5-6-10(15)16/h9H,3-8,12H2,1-2H3,(H,13,17)(H,15,16). The molecule has 0 radical (unpaired) electrons. The van der Waals surface area contributed by atoms with Gasteiger partial charge >= 0.3 is 5.97 Å². The summed E-state index contributed by atoms with van der Waals surface area (Å²) >= 11 is 0. The van der Waals surface area contributed by atoms with Crippen molar-refractivity contribution in [3.63, 3.8) is 0 Å². The van der Waals surface area contributed by atoms with Crippen LogP contribution in [-0.2, 0) is 19.6 Å². The number of sulfonamides is 1. The molecule has 0 bridgehead atoms. The number of rotatable bonds is 10. The van der Waals surface area contributed by atoms with E-state index in [0.717, 1.165) is 6.26 Å². The minimum atomic E-state index is -3.22. The molecular formula is C11H23N3O5S. The second-order valence-electron chi connectivity index (χ2n) is 4.44. The fourth-order valence-electron chi connectivity index (χ4n) is 1.57. The van der Waals surface area contributed by atoms with Crippen molar-refractivity contribution < 1.29 is 23.1 Å². The average Bonchev–Trinajstić information content (AvgIpc) is 2.33. The number of nitrogens with zero attached hydrogens (tertiary/aromatic N) is 1. The van der Waals surface area contributed by atoms with Gasteiger partial charge in [-0.15, -0.1) is 0 Å². The Hall–Kier alpha value is -1.19. The highest BCUT2D eigenvalue weighted by Crippen LogP contribution is 1.99. The topological polar surface area (TPSA) is 130 Å². The van der Waals surface area contributed by atoms with Gasteiger partial charge in [0.05, 0.1) is 12.3 Å². The number of carboxylic acid groups (broad SMARTS) is 1. The number of carbonyl (C=O) groups is 2. The number of hydrogen-bond donors (Lipinski definition) is 3. The molecule has 9 heteroatoms. The number of carboxylic acids is 1. The van der Waals surface area contributed by atoms with E-state index >= 15 is 0 Å². The molecule has 0 aliphatic heterocycles. The number of nitrogens with two attached hydrogens (primary N) is 1. The molecule has 0 heterocycles. The highest BCUT2D eigenvalue weighted by Gasteiger charge is 2.16. The Bertz CT molecular complexity index is 424. The Morgan fingerprint density at radius 1 is 1.40 bits per heavy atom. The van der Waals surface area contributed by atoms with Gasteiger partial charge in [0, 0.05) is 26.1 Å². The third-order valence-electron chi connectivity index (χ3n) is 2.71. The van der Waals surface area contributed by atoms with Gasteiger partial charge in [-0.3, -0.25) is 9.59 Å². The molecule has 1 atom stereocenters. The zero-order chi connectivity index (χ0) is 15.8. The molecule has 118 valence electrons. The summed E-state index contributed by atoms with van der Waals surface area (Å²) in [6.07, 6.45) is 1.52. The van der Waals surface area contributed by atoms with Gasteiger partial charge in [-0.1, -0.05) is 6.92 Å². The van der Waals surface area contributed by atoms with Gasteiger partial charge in [0.1, 0.15) is 0 Å². The van der Waals surface area contributed by atoms with Gasteiger partial charge in [-0.25, -0.2) is 12.7 Å². The summed E-state index contributed by atoms with van der Waals surface area (Å²) in [5.41, 5.74) is 5.52. The molecule has 0 fully saturated rings. The molecule has 0 aromatic heterocycles. The predicted molar refractivity (Wildman–Crippen MR) is 74.6 cm³/mol. The molecule has 1 unspecified atom stereocenters. The lowest BCUT2D eigenvalue weighted by molar-refractivity contribution is -0.137. The van der Waals surface area contributed by atoms with Crippen molar-refractivity contribution in [2.24, 2.45) is 5.73 Å². The van der Waals surface area contributed by atoms with E-state index in [9.17, 15) is 18.0 Å². The van der Waals surface area contributed by atoms with Crippen molar-refractivity contribution in [3.05, 3.63) is 0 Å². The summed E-state index contributed by atoms with van der Waals surface area (Å²) in [5, 5.41) is 11.0. The first-order chi connectivity index (χ1) is 9.18. The van der Waals surface area contributed by atoms with E-state index in [1.54, 1.807) is 6.92 Å².